The Morgan fingerprint density at radius 1 is 0.600 bits per heavy atom. The molecule has 0 saturated carbocycles. The second kappa shape index (κ2) is 6.42. The summed E-state index contributed by atoms with van der Waals surface area (Å²) in [7, 11) is 2.27. The molecule has 20 heavy (non-hydrogen) atoms. The molecule has 122 valence electrons. The van der Waals surface area contributed by atoms with Crippen LogP contribution in [-0.4, -0.2) is 50.9 Å². The molecule has 0 aliphatic carbocycles. The van der Waals surface area contributed by atoms with Gasteiger partial charge in [-0.1, -0.05) is 0 Å². The molecular weight excluding hydrogens is 300 g/mol. The predicted molar refractivity (Wildman–Crippen MR) is 56.9 cm³/mol. The third kappa shape index (κ3) is 3.51. The number of hydrogen-bond acceptors (Lipinski definition) is 2. The third-order valence-corrected chi connectivity index (χ3v) is 2.69. The lowest BCUT2D eigenvalue weighted by molar-refractivity contribution is -0.367. The Balaban J connectivity index is 5.32. The third-order valence-electron chi connectivity index (χ3n) is 2.69. The lowest BCUT2D eigenvalue weighted by Crippen LogP contribution is -2.62. The first kappa shape index (κ1) is 19.4. The van der Waals surface area contributed by atoms with Crippen molar-refractivity contribution < 1.29 is 35.1 Å². The molecule has 0 aromatic carbocycles. The summed E-state index contributed by atoms with van der Waals surface area (Å²) in [5.41, 5.74) is 0. The minimum atomic E-state index is -6.16. The molecule has 0 fully saturated rings. The minimum absolute atomic E-state index is 0.721. The first-order valence-electron chi connectivity index (χ1n) is 5.68. The van der Waals surface area contributed by atoms with Gasteiger partial charge in [0.1, 0.15) is 0 Å². The summed E-state index contributed by atoms with van der Waals surface area (Å²) in [5, 5.41) is 4.13. The van der Waals surface area contributed by atoms with Crippen molar-refractivity contribution in [3.63, 3.8) is 0 Å². The number of alkyl halides is 8. The Morgan fingerprint density at radius 2 is 0.850 bits per heavy atom. The average Bonchev–Trinajstić information content (AvgIpc) is 2.33. The number of rotatable bonds is 9. The average molecular weight is 316 g/mol. The molecule has 2 N–H and O–H groups in total. The van der Waals surface area contributed by atoms with E-state index in [1.54, 1.807) is 0 Å². The Labute approximate surface area is 110 Å². The SMILES string of the molecule is CNCCC(F)(F)C(F)(F)C(F)(F)C(F)(F)CCNC. The molecule has 0 aliphatic heterocycles. The molecular formula is C10H16F8N2. The zero-order valence-corrected chi connectivity index (χ0v) is 10.9. The quantitative estimate of drug-likeness (QED) is 0.639. The van der Waals surface area contributed by atoms with Crippen LogP contribution in [0, 0.1) is 0 Å². The van der Waals surface area contributed by atoms with E-state index >= 15 is 0 Å². The van der Waals surface area contributed by atoms with E-state index in [1.165, 1.54) is 0 Å². The first-order chi connectivity index (χ1) is 8.87. The van der Waals surface area contributed by atoms with Crippen LogP contribution in [0.15, 0.2) is 0 Å². The predicted octanol–water partition coefficient (Wildman–Crippen LogP) is 2.75. The molecule has 0 saturated heterocycles. The van der Waals surface area contributed by atoms with Crippen LogP contribution in [0.5, 0.6) is 0 Å². The Bertz CT molecular complexity index is 276. The van der Waals surface area contributed by atoms with Crippen molar-refractivity contribution in [2.24, 2.45) is 0 Å². The van der Waals surface area contributed by atoms with Crippen molar-refractivity contribution in [2.45, 2.75) is 36.5 Å². The van der Waals surface area contributed by atoms with Crippen LogP contribution in [-0.2, 0) is 0 Å². The standard InChI is InChI=1S/C10H16F8N2/c1-19-5-3-7(11,12)9(15,16)10(17,18)8(13,14)4-6-20-2/h19-20H,3-6H2,1-2H3. The summed E-state index contributed by atoms with van der Waals surface area (Å²) in [4.78, 5) is 0. The number of halogens is 8. The molecule has 0 aromatic heterocycles. The Kier molecular flexibility index (Phi) is 6.21. The largest absolute Gasteiger partial charge is 0.378 e. The zero-order valence-electron chi connectivity index (χ0n) is 10.9. The summed E-state index contributed by atoms with van der Waals surface area (Å²) < 4.78 is 105. The van der Waals surface area contributed by atoms with Crippen LogP contribution in [0.1, 0.15) is 12.8 Å². The highest BCUT2D eigenvalue weighted by Crippen LogP contribution is 2.54. The molecule has 0 heterocycles. The fraction of sp³-hybridized carbons (Fsp3) is 1.00. The van der Waals surface area contributed by atoms with Gasteiger partial charge < -0.3 is 10.6 Å². The van der Waals surface area contributed by atoms with Gasteiger partial charge in [-0.3, -0.25) is 0 Å². The highest BCUT2D eigenvalue weighted by molar-refractivity contribution is 5.03. The molecule has 0 unspecified atom stereocenters. The molecule has 10 heteroatoms. The van der Waals surface area contributed by atoms with Gasteiger partial charge in [0.25, 0.3) is 0 Å². The second-order valence-corrected chi connectivity index (χ2v) is 4.26. The van der Waals surface area contributed by atoms with E-state index in [1.807, 2.05) is 0 Å². The second-order valence-electron chi connectivity index (χ2n) is 4.26. The van der Waals surface area contributed by atoms with E-state index in [0.29, 0.717) is 0 Å². The van der Waals surface area contributed by atoms with Gasteiger partial charge in [-0.15, -0.1) is 0 Å². The van der Waals surface area contributed by atoms with E-state index in [9.17, 15) is 35.1 Å². The minimum Gasteiger partial charge on any atom is -0.320 e. The van der Waals surface area contributed by atoms with Gasteiger partial charge in [0.05, 0.1) is 0 Å². The van der Waals surface area contributed by atoms with Crippen molar-refractivity contribution >= 4 is 0 Å². The van der Waals surface area contributed by atoms with Crippen molar-refractivity contribution in [2.75, 3.05) is 27.2 Å². The van der Waals surface area contributed by atoms with Gasteiger partial charge in [-0.05, 0) is 14.1 Å². The van der Waals surface area contributed by atoms with Gasteiger partial charge in [0.2, 0.25) is 0 Å². The van der Waals surface area contributed by atoms with Crippen LogP contribution in [0.3, 0.4) is 0 Å². The highest BCUT2D eigenvalue weighted by atomic mass is 19.4. The van der Waals surface area contributed by atoms with Gasteiger partial charge in [0, 0.05) is 25.9 Å². The monoisotopic (exact) mass is 316 g/mol. The van der Waals surface area contributed by atoms with Gasteiger partial charge in [0.15, 0.2) is 0 Å². The fourth-order valence-corrected chi connectivity index (χ4v) is 1.34. The molecule has 0 aromatic rings. The van der Waals surface area contributed by atoms with Crippen LogP contribution in [0.25, 0.3) is 0 Å². The summed E-state index contributed by atoms with van der Waals surface area (Å²) in [6, 6.07) is 0. The molecule has 0 amide bonds. The number of hydrogen-bond donors (Lipinski definition) is 2. The van der Waals surface area contributed by atoms with Gasteiger partial charge in [-0.2, -0.15) is 35.1 Å². The van der Waals surface area contributed by atoms with E-state index in [0.717, 1.165) is 14.1 Å². The van der Waals surface area contributed by atoms with E-state index in [4.69, 9.17) is 0 Å². The van der Waals surface area contributed by atoms with Crippen molar-refractivity contribution in [1.82, 2.24) is 10.6 Å². The molecule has 0 spiro atoms. The summed E-state index contributed by atoms with van der Waals surface area (Å²) in [6.45, 7) is -1.44. The first-order valence-corrected chi connectivity index (χ1v) is 5.68. The fourth-order valence-electron chi connectivity index (χ4n) is 1.34. The maximum absolute atomic E-state index is 13.2. The van der Waals surface area contributed by atoms with Gasteiger partial charge in [-0.25, -0.2) is 0 Å². The summed E-state index contributed by atoms with van der Waals surface area (Å²) in [5.74, 6) is -22.8. The van der Waals surface area contributed by atoms with E-state index in [2.05, 4.69) is 10.6 Å². The summed E-state index contributed by atoms with van der Waals surface area (Å²) >= 11 is 0. The van der Waals surface area contributed by atoms with Gasteiger partial charge >= 0.3 is 23.7 Å². The van der Waals surface area contributed by atoms with Crippen molar-refractivity contribution in [1.29, 1.82) is 0 Å². The molecule has 2 nitrogen and oxygen atoms in total. The summed E-state index contributed by atoms with van der Waals surface area (Å²) in [6.07, 6.45) is -3.37. The normalized spacial score (nSPS) is 14.7. The lowest BCUT2D eigenvalue weighted by Gasteiger charge is -2.36. The highest BCUT2D eigenvalue weighted by Gasteiger charge is 2.79. The van der Waals surface area contributed by atoms with Crippen molar-refractivity contribution in [3.05, 3.63) is 0 Å². The van der Waals surface area contributed by atoms with E-state index in [-0.39, 0.29) is 0 Å². The molecule has 0 radical (unpaired) electrons. The maximum Gasteiger partial charge on any atom is 0.378 e. The van der Waals surface area contributed by atoms with E-state index < -0.39 is 49.6 Å². The van der Waals surface area contributed by atoms with Crippen LogP contribution in [0.4, 0.5) is 35.1 Å². The Hall–Kier alpha value is -0.640. The molecule has 0 bridgehead atoms. The van der Waals surface area contributed by atoms with Crippen LogP contribution < -0.4 is 10.6 Å². The van der Waals surface area contributed by atoms with Crippen LogP contribution in [0.2, 0.25) is 0 Å². The lowest BCUT2D eigenvalue weighted by atomic mass is 9.95. The van der Waals surface area contributed by atoms with Crippen molar-refractivity contribution in [3.8, 4) is 0 Å². The smallest absolute Gasteiger partial charge is 0.320 e. The molecule has 0 rings (SSSR count). The molecule has 0 atom stereocenters. The zero-order chi connectivity index (χ0) is 16.2. The van der Waals surface area contributed by atoms with Crippen LogP contribution >= 0.6 is 0 Å². The molecule has 0 aliphatic rings. The maximum atomic E-state index is 13.2. The Morgan fingerprint density at radius 3 is 1.05 bits per heavy atom. The topological polar surface area (TPSA) is 24.1 Å². The number of nitrogens with one attached hydrogen (secondary N) is 2.